The zero-order valence-corrected chi connectivity index (χ0v) is 9.42. The van der Waals surface area contributed by atoms with E-state index in [1.165, 1.54) is 0 Å². The molecular weight excluding hydrogens is 230 g/mol. The zero-order chi connectivity index (χ0) is 10.2. The summed E-state index contributed by atoms with van der Waals surface area (Å²) in [4.78, 5) is 2.66. The molecule has 0 aliphatic heterocycles. The van der Waals surface area contributed by atoms with Gasteiger partial charge in [0, 0.05) is 22.0 Å². The summed E-state index contributed by atoms with van der Waals surface area (Å²) in [6.07, 6.45) is 0. The van der Waals surface area contributed by atoms with Crippen molar-refractivity contribution >= 4 is 5.69 Å². The Kier molecular flexibility index (Phi) is 7.12. The van der Waals surface area contributed by atoms with E-state index in [-0.39, 0.29) is 17.1 Å². The van der Waals surface area contributed by atoms with E-state index in [1.54, 1.807) is 6.07 Å². The van der Waals surface area contributed by atoms with Crippen LogP contribution in [0, 0.1) is 6.92 Å². The minimum absolute atomic E-state index is 0. The summed E-state index contributed by atoms with van der Waals surface area (Å²) in [6.45, 7) is 1.91. The summed E-state index contributed by atoms with van der Waals surface area (Å²) in [5.74, 6) is 0. The molecule has 0 heterocycles. The maximum Gasteiger partial charge on any atom is 0.00322 e. The minimum atomic E-state index is 0. The third-order valence-electron chi connectivity index (χ3n) is 1.71. The Morgan fingerprint density at radius 3 is 2.13 bits per heavy atom. The molecule has 0 aliphatic carbocycles. The van der Waals surface area contributed by atoms with Gasteiger partial charge in [0.1, 0.15) is 0 Å². The Labute approximate surface area is 99.6 Å². The standard InChI is InChI=1S/C6H6N3.C5H5.Fe/c1-5-3-2-4-6(5)8-9-7;1-2-4-5-3-1;/h2-4H,1H3;1-5H;/q-1;-5;. The van der Waals surface area contributed by atoms with Crippen molar-refractivity contribution in [2.24, 2.45) is 5.11 Å². The number of hydrogen-bond acceptors (Lipinski definition) is 1. The van der Waals surface area contributed by atoms with Crippen LogP contribution in [0.25, 0.3) is 10.4 Å². The van der Waals surface area contributed by atoms with Crippen LogP contribution >= 0.6 is 0 Å². The van der Waals surface area contributed by atoms with E-state index in [9.17, 15) is 0 Å². The molecule has 0 amide bonds. The monoisotopic (exact) mass is 241 g/mol. The van der Waals surface area contributed by atoms with Crippen LogP contribution in [0.3, 0.4) is 0 Å². The fourth-order valence-corrected chi connectivity index (χ4v) is 0.982. The molecule has 0 unspecified atom stereocenters. The molecule has 0 atom stereocenters. The molecule has 2 rings (SSSR count). The third kappa shape index (κ3) is 5.08. The summed E-state index contributed by atoms with van der Waals surface area (Å²) < 4.78 is 0. The zero-order valence-electron chi connectivity index (χ0n) is 8.31. The summed E-state index contributed by atoms with van der Waals surface area (Å²) >= 11 is 0. The number of hydrogen-bond donors (Lipinski definition) is 0. The average molecular weight is 241 g/mol. The van der Waals surface area contributed by atoms with E-state index in [0.29, 0.717) is 0 Å². The van der Waals surface area contributed by atoms with E-state index in [4.69, 9.17) is 5.53 Å². The van der Waals surface area contributed by atoms with Gasteiger partial charge < -0.3 is 30.3 Å². The van der Waals surface area contributed by atoms with Gasteiger partial charge in [-0.05, 0) is 5.53 Å². The molecule has 0 radical (unpaired) electrons. The fraction of sp³-hybridized carbons (Fsp3) is 0.0909. The quantitative estimate of drug-likeness (QED) is 0.237. The first-order chi connectivity index (χ1) is 6.84. The molecule has 0 saturated heterocycles. The van der Waals surface area contributed by atoms with E-state index in [0.717, 1.165) is 11.3 Å². The molecule has 0 N–H and O–H groups in total. The maximum absolute atomic E-state index is 8.02. The second kappa shape index (κ2) is 7.89. The van der Waals surface area contributed by atoms with Crippen molar-refractivity contribution < 1.29 is 17.1 Å². The second-order valence-electron chi connectivity index (χ2n) is 2.75. The normalized spacial score (nSPS) is 7.80. The van der Waals surface area contributed by atoms with Gasteiger partial charge in [0.05, 0.1) is 0 Å². The van der Waals surface area contributed by atoms with Gasteiger partial charge in [0.2, 0.25) is 0 Å². The van der Waals surface area contributed by atoms with Gasteiger partial charge in [0.25, 0.3) is 0 Å². The van der Waals surface area contributed by atoms with Crippen LogP contribution in [-0.4, -0.2) is 0 Å². The average Bonchev–Trinajstić information content (AvgIpc) is 2.81. The van der Waals surface area contributed by atoms with Gasteiger partial charge in [-0.15, -0.1) is 0 Å². The fourth-order valence-electron chi connectivity index (χ4n) is 0.982. The van der Waals surface area contributed by atoms with Crippen molar-refractivity contribution in [2.75, 3.05) is 0 Å². The number of nitrogens with zero attached hydrogens (tertiary/aromatic N) is 3. The number of azide groups is 1. The predicted octanol–water partition coefficient (Wildman–Crippen LogP) is 4.06. The molecule has 2 aromatic carbocycles. The largest absolute Gasteiger partial charge is 0.748 e. The van der Waals surface area contributed by atoms with Gasteiger partial charge >= 0.3 is 0 Å². The van der Waals surface area contributed by atoms with E-state index in [1.807, 2.05) is 49.4 Å². The Morgan fingerprint density at radius 2 is 1.80 bits per heavy atom. The molecule has 4 heteroatoms. The Morgan fingerprint density at radius 1 is 1.27 bits per heavy atom. The van der Waals surface area contributed by atoms with Gasteiger partial charge in [-0.25, -0.2) is 12.1 Å². The molecule has 15 heavy (non-hydrogen) atoms. The first-order valence-corrected chi connectivity index (χ1v) is 4.28. The first kappa shape index (κ1) is 13.5. The third-order valence-corrected chi connectivity index (χ3v) is 1.71. The molecule has 3 nitrogen and oxygen atoms in total. The molecule has 0 aliphatic rings. The summed E-state index contributed by atoms with van der Waals surface area (Å²) in [5, 5.41) is 3.45. The Balaban J connectivity index is 0.000000280. The van der Waals surface area contributed by atoms with Gasteiger partial charge in [-0.3, -0.25) is 0 Å². The van der Waals surface area contributed by atoms with E-state index >= 15 is 0 Å². The topological polar surface area (TPSA) is 48.8 Å². The van der Waals surface area contributed by atoms with Crippen LogP contribution in [0.5, 0.6) is 0 Å². The minimum Gasteiger partial charge on any atom is -0.748 e. The number of rotatable bonds is 1. The molecule has 0 aromatic heterocycles. The van der Waals surface area contributed by atoms with Crippen LogP contribution in [0.2, 0.25) is 0 Å². The molecule has 84 valence electrons. The number of aryl methyl sites for hydroxylation is 1. The predicted molar refractivity (Wildman–Crippen MR) is 57.6 cm³/mol. The van der Waals surface area contributed by atoms with Gasteiger partial charge in [-0.2, -0.15) is 11.6 Å². The summed E-state index contributed by atoms with van der Waals surface area (Å²) in [6, 6.07) is 15.6. The van der Waals surface area contributed by atoms with Crippen molar-refractivity contribution in [3.05, 3.63) is 64.5 Å². The van der Waals surface area contributed by atoms with Crippen LogP contribution in [0.4, 0.5) is 5.69 Å². The SMILES string of the molecule is C[c-]1cccc1N=[N+]=[N-].[Fe].[cH-]1[cH-][cH-][cH-][cH-]1. The van der Waals surface area contributed by atoms with Gasteiger partial charge in [-0.1, -0.05) is 17.7 Å². The smallest absolute Gasteiger partial charge is 0.00322 e. The molecule has 0 bridgehead atoms. The van der Waals surface area contributed by atoms with Crippen LogP contribution in [0.1, 0.15) is 5.56 Å². The second-order valence-corrected chi connectivity index (χ2v) is 2.75. The van der Waals surface area contributed by atoms with E-state index < -0.39 is 0 Å². The summed E-state index contributed by atoms with van der Waals surface area (Å²) in [5.41, 5.74) is 9.76. The van der Waals surface area contributed by atoms with Crippen molar-refractivity contribution in [2.45, 2.75) is 6.92 Å². The van der Waals surface area contributed by atoms with Crippen molar-refractivity contribution in [1.82, 2.24) is 0 Å². The molecule has 0 fully saturated rings. The van der Waals surface area contributed by atoms with Crippen LogP contribution < -0.4 is 0 Å². The van der Waals surface area contributed by atoms with E-state index in [2.05, 4.69) is 10.0 Å². The van der Waals surface area contributed by atoms with Crippen LogP contribution in [-0.2, 0) is 17.1 Å². The molecular formula is C11H11FeN3-6. The molecule has 0 saturated carbocycles. The van der Waals surface area contributed by atoms with Gasteiger partial charge in [0.15, 0.2) is 0 Å². The molecule has 0 spiro atoms. The Hall–Kier alpha value is -1.47. The summed E-state index contributed by atoms with van der Waals surface area (Å²) in [7, 11) is 0. The van der Waals surface area contributed by atoms with Crippen molar-refractivity contribution in [3.8, 4) is 0 Å². The van der Waals surface area contributed by atoms with Crippen LogP contribution in [0.15, 0.2) is 53.6 Å². The maximum atomic E-state index is 8.02. The molecule has 2 aromatic rings. The first-order valence-electron chi connectivity index (χ1n) is 4.28. The Bertz CT molecular complexity index is 380. The van der Waals surface area contributed by atoms with Crippen molar-refractivity contribution in [1.29, 1.82) is 0 Å². The van der Waals surface area contributed by atoms with Crippen molar-refractivity contribution in [3.63, 3.8) is 0 Å².